The second-order valence-corrected chi connectivity index (χ2v) is 2.82. The zero-order chi connectivity index (χ0) is 11.5. The van der Waals surface area contributed by atoms with Crippen LogP contribution in [0.2, 0.25) is 0 Å². The van der Waals surface area contributed by atoms with E-state index in [4.69, 9.17) is 10.2 Å². The lowest BCUT2D eigenvalue weighted by Crippen LogP contribution is -1.87. The van der Waals surface area contributed by atoms with Gasteiger partial charge in [-0.25, -0.2) is 0 Å². The van der Waals surface area contributed by atoms with Crippen molar-refractivity contribution in [3.63, 3.8) is 0 Å². The van der Waals surface area contributed by atoms with Crippen molar-refractivity contribution in [1.29, 1.82) is 0 Å². The highest BCUT2D eigenvalue weighted by atomic mass is 16.5. The fraction of sp³-hybridized carbons (Fsp3) is 0.364. The third kappa shape index (κ3) is 8.77. The maximum atomic E-state index is 9.62. The molecule has 0 saturated heterocycles. The molecule has 0 aliphatic rings. The molecule has 0 atom stereocenters. The maximum Gasteiger partial charge on any atom is 0.120 e. The van der Waals surface area contributed by atoms with Gasteiger partial charge in [-0.3, -0.25) is 0 Å². The van der Waals surface area contributed by atoms with Crippen LogP contribution in [0.25, 0.3) is 0 Å². The number of aldehydes is 1. The van der Waals surface area contributed by atoms with Gasteiger partial charge in [0.1, 0.15) is 17.8 Å². The van der Waals surface area contributed by atoms with Crippen LogP contribution in [-0.4, -0.2) is 30.2 Å². The summed E-state index contributed by atoms with van der Waals surface area (Å²) in [6.07, 6.45) is 2.37. The van der Waals surface area contributed by atoms with E-state index >= 15 is 0 Å². The Labute approximate surface area is 89.1 Å². The number of carbonyl (C=O) groups excluding carboxylic acids is 1. The Morgan fingerprint density at radius 3 is 2.27 bits per heavy atom. The van der Waals surface area contributed by atoms with E-state index in [9.17, 15) is 4.79 Å². The summed E-state index contributed by atoms with van der Waals surface area (Å²) in [5.41, 5.74) is 0. The zero-order valence-electron chi connectivity index (χ0n) is 8.72. The summed E-state index contributed by atoms with van der Waals surface area (Å²) < 4.78 is 4.69. The minimum Gasteiger partial charge on any atom is -0.508 e. The number of benzene rings is 1. The molecular formula is C11H16O4. The normalized spacial score (nSPS) is 8.87. The van der Waals surface area contributed by atoms with E-state index in [-0.39, 0.29) is 11.5 Å². The van der Waals surface area contributed by atoms with Gasteiger partial charge < -0.3 is 19.7 Å². The summed E-state index contributed by atoms with van der Waals surface area (Å²) >= 11 is 0. The van der Waals surface area contributed by atoms with Crippen LogP contribution in [0.4, 0.5) is 0 Å². The first-order valence-electron chi connectivity index (χ1n) is 4.61. The van der Waals surface area contributed by atoms with E-state index in [1.54, 1.807) is 13.2 Å². The van der Waals surface area contributed by atoms with Gasteiger partial charge in [0.05, 0.1) is 0 Å². The van der Waals surface area contributed by atoms with E-state index in [0.29, 0.717) is 13.0 Å². The van der Waals surface area contributed by atoms with E-state index in [2.05, 4.69) is 4.74 Å². The van der Waals surface area contributed by atoms with Crippen LogP contribution in [0.3, 0.4) is 0 Å². The molecular weight excluding hydrogens is 196 g/mol. The number of aromatic hydroxyl groups is 2. The molecule has 1 aromatic carbocycles. The fourth-order valence-corrected chi connectivity index (χ4v) is 0.804. The fourth-order valence-electron chi connectivity index (χ4n) is 0.804. The van der Waals surface area contributed by atoms with Crippen molar-refractivity contribution in [2.24, 2.45) is 0 Å². The Hall–Kier alpha value is -1.55. The number of methoxy groups -OCH3 is 1. The molecule has 0 aliphatic heterocycles. The molecule has 2 N–H and O–H groups in total. The molecule has 0 radical (unpaired) electrons. The topological polar surface area (TPSA) is 66.8 Å². The third-order valence-corrected chi connectivity index (χ3v) is 1.50. The smallest absolute Gasteiger partial charge is 0.120 e. The number of hydrogen-bond donors (Lipinski definition) is 2. The van der Waals surface area contributed by atoms with Crippen LogP contribution in [0.15, 0.2) is 24.3 Å². The Balaban J connectivity index is 0.000000265. The monoisotopic (exact) mass is 212 g/mol. The lowest BCUT2D eigenvalue weighted by atomic mass is 10.3. The van der Waals surface area contributed by atoms with Gasteiger partial charge in [0.25, 0.3) is 0 Å². The number of phenolic OH excluding ortho intramolecular Hbond substituents is 2. The molecule has 1 aromatic rings. The first-order chi connectivity index (χ1) is 7.20. The van der Waals surface area contributed by atoms with Crippen LogP contribution in [0, 0.1) is 0 Å². The molecule has 4 heteroatoms. The number of hydrogen-bond acceptors (Lipinski definition) is 4. The molecule has 1 rings (SSSR count). The predicted molar refractivity (Wildman–Crippen MR) is 56.9 cm³/mol. The van der Waals surface area contributed by atoms with Gasteiger partial charge >= 0.3 is 0 Å². The summed E-state index contributed by atoms with van der Waals surface area (Å²) in [5.74, 6) is 0.176. The van der Waals surface area contributed by atoms with Crippen molar-refractivity contribution < 1.29 is 19.7 Å². The maximum absolute atomic E-state index is 9.62. The average Bonchev–Trinajstić information content (AvgIpc) is 2.19. The standard InChI is InChI=1S/C6H6O2.C5H10O2/c7-5-2-1-3-6(8)4-5;1-7-5-3-2-4-6/h1-4,7-8H;4H,2-3,5H2,1H3. The Morgan fingerprint density at radius 1 is 1.33 bits per heavy atom. The highest BCUT2D eigenvalue weighted by Gasteiger charge is 1.85. The summed E-state index contributed by atoms with van der Waals surface area (Å²) in [6.45, 7) is 0.693. The minimum absolute atomic E-state index is 0.0880. The van der Waals surface area contributed by atoms with Gasteiger partial charge in [0, 0.05) is 26.2 Å². The average molecular weight is 212 g/mol. The van der Waals surface area contributed by atoms with Gasteiger partial charge in [-0.05, 0) is 18.6 Å². The lowest BCUT2D eigenvalue weighted by Gasteiger charge is -1.89. The second-order valence-electron chi connectivity index (χ2n) is 2.82. The highest BCUT2D eigenvalue weighted by molar-refractivity contribution is 5.48. The van der Waals surface area contributed by atoms with Gasteiger partial charge in [-0.15, -0.1) is 0 Å². The molecule has 4 nitrogen and oxygen atoms in total. The first kappa shape index (κ1) is 13.4. The van der Waals surface area contributed by atoms with Gasteiger partial charge in [-0.1, -0.05) is 6.07 Å². The third-order valence-electron chi connectivity index (χ3n) is 1.50. The summed E-state index contributed by atoms with van der Waals surface area (Å²) in [6, 6.07) is 5.85. The molecule has 0 heterocycles. The van der Waals surface area contributed by atoms with Crippen LogP contribution in [-0.2, 0) is 9.53 Å². The molecule has 15 heavy (non-hydrogen) atoms. The van der Waals surface area contributed by atoms with E-state index < -0.39 is 0 Å². The Morgan fingerprint density at radius 2 is 1.93 bits per heavy atom. The Kier molecular flexibility index (Phi) is 8.09. The van der Waals surface area contributed by atoms with Crippen LogP contribution in [0.5, 0.6) is 11.5 Å². The van der Waals surface area contributed by atoms with E-state index in [1.807, 2.05) is 0 Å². The predicted octanol–water partition coefficient (Wildman–Crippen LogP) is 1.71. The van der Waals surface area contributed by atoms with Crippen molar-refractivity contribution in [3.05, 3.63) is 24.3 Å². The lowest BCUT2D eigenvalue weighted by molar-refractivity contribution is -0.108. The zero-order valence-corrected chi connectivity index (χ0v) is 8.72. The number of ether oxygens (including phenoxy) is 1. The molecule has 0 amide bonds. The van der Waals surface area contributed by atoms with Crippen molar-refractivity contribution >= 4 is 6.29 Å². The Bertz CT molecular complexity index is 256. The van der Waals surface area contributed by atoms with Gasteiger partial charge in [0.15, 0.2) is 0 Å². The second kappa shape index (κ2) is 9.02. The highest BCUT2D eigenvalue weighted by Crippen LogP contribution is 2.14. The summed E-state index contributed by atoms with van der Waals surface area (Å²) in [7, 11) is 1.63. The minimum atomic E-state index is 0.0880. The summed E-state index contributed by atoms with van der Waals surface area (Å²) in [4.78, 5) is 9.62. The van der Waals surface area contributed by atoms with Crippen LogP contribution >= 0.6 is 0 Å². The quantitative estimate of drug-likeness (QED) is 0.589. The molecule has 0 aromatic heterocycles. The van der Waals surface area contributed by atoms with Gasteiger partial charge in [0.2, 0.25) is 0 Å². The first-order valence-corrected chi connectivity index (χ1v) is 4.61. The SMILES string of the molecule is COCCCC=O.Oc1cccc(O)c1. The molecule has 0 fully saturated rings. The molecule has 0 saturated carbocycles. The molecule has 0 aliphatic carbocycles. The summed E-state index contributed by atoms with van der Waals surface area (Å²) in [5, 5.41) is 17.3. The van der Waals surface area contributed by atoms with Crippen molar-refractivity contribution in [2.45, 2.75) is 12.8 Å². The number of unbranched alkanes of at least 4 members (excludes halogenated alkanes) is 1. The number of phenols is 2. The van der Waals surface area contributed by atoms with Gasteiger partial charge in [-0.2, -0.15) is 0 Å². The molecule has 84 valence electrons. The largest absolute Gasteiger partial charge is 0.508 e. The molecule has 0 unspecified atom stereocenters. The van der Waals surface area contributed by atoms with Crippen LogP contribution in [0.1, 0.15) is 12.8 Å². The van der Waals surface area contributed by atoms with E-state index in [1.165, 1.54) is 18.2 Å². The number of rotatable bonds is 4. The molecule has 0 bridgehead atoms. The van der Waals surface area contributed by atoms with Crippen molar-refractivity contribution in [1.82, 2.24) is 0 Å². The van der Waals surface area contributed by atoms with Crippen molar-refractivity contribution in [3.8, 4) is 11.5 Å². The molecule has 0 spiro atoms. The van der Waals surface area contributed by atoms with E-state index in [0.717, 1.165) is 12.7 Å². The van der Waals surface area contributed by atoms with Crippen LogP contribution < -0.4 is 0 Å². The number of carbonyl (C=O) groups is 1. The van der Waals surface area contributed by atoms with Crippen molar-refractivity contribution in [2.75, 3.05) is 13.7 Å².